The number of carbonyl (C=O) groups is 1. The SMILES string of the molecule is O=C(CCCNc1ncccn1)N1CCC[C@H](n2cncn2)C1. The first kappa shape index (κ1) is 15.4. The Morgan fingerprint density at radius 2 is 2.22 bits per heavy atom. The molecule has 0 saturated carbocycles. The normalized spacial score (nSPS) is 17.9. The van der Waals surface area contributed by atoms with Gasteiger partial charge in [0, 0.05) is 38.4 Å². The van der Waals surface area contributed by atoms with Gasteiger partial charge in [0.05, 0.1) is 6.04 Å². The maximum absolute atomic E-state index is 12.3. The lowest BCUT2D eigenvalue weighted by atomic mass is 10.1. The molecule has 0 radical (unpaired) electrons. The van der Waals surface area contributed by atoms with Crippen molar-refractivity contribution in [3.8, 4) is 0 Å². The maximum atomic E-state index is 12.3. The Morgan fingerprint density at radius 1 is 1.35 bits per heavy atom. The second kappa shape index (κ2) is 7.66. The number of rotatable bonds is 6. The zero-order chi connectivity index (χ0) is 15.9. The number of anilines is 1. The fraction of sp³-hybridized carbons (Fsp3) is 0.533. The Kier molecular flexibility index (Phi) is 5.13. The summed E-state index contributed by atoms with van der Waals surface area (Å²) in [5, 5.41) is 7.31. The van der Waals surface area contributed by atoms with Crippen molar-refractivity contribution in [2.45, 2.75) is 31.7 Å². The van der Waals surface area contributed by atoms with Crippen LogP contribution >= 0.6 is 0 Å². The van der Waals surface area contributed by atoms with Gasteiger partial charge in [-0.25, -0.2) is 19.6 Å². The van der Waals surface area contributed by atoms with E-state index in [2.05, 4.69) is 25.4 Å². The van der Waals surface area contributed by atoms with E-state index < -0.39 is 0 Å². The predicted molar refractivity (Wildman–Crippen MR) is 84.6 cm³/mol. The summed E-state index contributed by atoms with van der Waals surface area (Å²) in [7, 11) is 0. The summed E-state index contributed by atoms with van der Waals surface area (Å²) in [5.41, 5.74) is 0. The molecule has 0 aliphatic carbocycles. The van der Waals surface area contributed by atoms with Crippen molar-refractivity contribution in [2.24, 2.45) is 0 Å². The van der Waals surface area contributed by atoms with Gasteiger partial charge in [-0.05, 0) is 25.3 Å². The number of likely N-dealkylation sites (tertiary alicyclic amines) is 1. The van der Waals surface area contributed by atoms with Gasteiger partial charge in [-0.3, -0.25) is 4.79 Å². The second-order valence-electron chi connectivity index (χ2n) is 5.61. The maximum Gasteiger partial charge on any atom is 0.222 e. The van der Waals surface area contributed by atoms with Crippen molar-refractivity contribution in [3.05, 3.63) is 31.1 Å². The summed E-state index contributed by atoms with van der Waals surface area (Å²) in [6.07, 6.45) is 10.00. The first-order valence-corrected chi connectivity index (χ1v) is 7.96. The highest BCUT2D eigenvalue weighted by atomic mass is 16.2. The smallest absolute Gasteiger partial charge is 0.222 e. The molecule has 1 aliphatic rings. The molecule has 1 atom stereocenters. The fourth-order valence-corrected chi connectivity index (χ4v) is 2.79. The molecule has 1 fully saturated rings. The summed E-state index contributed by atoms with van der Waals surface area (Å²) < 4.78 is 1.85. The minimum atomic E-state index is 0.200. The van der Waals surface area contributed by atoms with Crippen molar-refractivity contribution >= 4 is 11.9 Å². The molecule has 1 saturated heterocycles. The third-order valence-corrected chi connectivity index (χ3v) is 3.98. The Labute approximate surface area is 135 Å². The van der Waals surface area contributed by atoms with Crippen molar-refractivity contribution in [3.63, 3.8) is 0 Å². The second-order valence-corrected chi connectivity index (χ2v) is 5.61. The number of nitrogens with zero attached hydrogens (tertiary/aromatic N) is 6. The van der Waals surface area contributed by atoms with Crippen LogP contribution in [0.1, 0.15) is 31.7 Å². The molecule has 23 heavy (non-hydrogen) atoms. The molecule has 1 N–H and O–H groups in total. The highest BCUT2D eigenvalue weighted by Gasteiger charge is 2.24. The highest BCUT2D eigenvalue weighted by molar-refractivity contribution is 5.76. The topological polar surface area (TPSA) is 88.8 Å². The molecule has 122 valence electrons. The Bertz CT molecular complexity index is 602. The van der Waals surface area contributed by atoms with E-state index >= 15 is 0 Å². The molecule has 0 unspecified atom stereocenters. The van der Waals surface area contributed by atoms with Gasteiger partial charge < -0.3 is 10.2 Å². The molecular weight excluding hydrogens is 294 g/mol. The molecule has 8 nitrogen and oxygen atoms in total. The molecular formula is C15H21N7O. The van der Waals surface area contributed by atoms with Crippen LogP contribution in [-0.2, 0) is 4.79 Å². The minimum absolute atomic E-state index is 0.200. The lowest BCUT2D eigenvalue weighted by molar-refractivity contribution is -0.132. The number of hydrogen-bond donors (Lipinski definition) is 1. The first-order chi connectivity index (χ1) is 11.3. The van der Waals surface area contributed by atoms with E-state index in [1.807, 2.05) is 9.58 Å². The number of aromatic nitrogens is 5. The van der Waals surface area contributed by atoms with Gasteiger partial charge in [0.1, 0.15) is 12.7 Å². The van der Waals surface area contributed by atoms with E-state index in [0.29, 0.717) is 18.9 Å². The predicted octanol–water partition coefficient (Wildman–Crippen LogP) is 1.12. The van der Waals surface area contributed by atoms with E-state index in [1.54, 1.807) is 24.8 Å². The van der Waals surface area contributed by atoms with Gasteiger partial charge in [-0.1, -0.05) is 0 Å². The lowest BCUT2D eigenvalue weighted by Crippen LogP contribution is -2.40. The molecule has 0 spiro atoms. The number of carbonyl (C=O) groups excluding carboxylic acids is 1. The van der Waals surface area contributed by atoms with E-state index in [4.69, 9.17) is 0 Å². The lowest BCUT2D eigenvalue weighted by Gasteiger charge is -2.32. The van der Waals surface area contributed by atoms with E-state index in [0.717, 1.165) is 32.4 Å². The fourth-order valence-electron chi connectivity index (χ4n) is 2.79. The number of piperidine rings is 1. The molecule has 0 bridgehead atoms. The Balaban J connectivity index is 1.41. The quantitative estimate of drug-likeness (QED) is 0.804. The van der Waals surface area contributed by atoms with Gasteiger partial charge >= 0.3 is 0 Å². The Morgan fingerprint density at radius 3 is 3.00 bits per heavy atom. The van der Waals surface area contributed by atoms with Crippen LogP contribution in [0.5, 0.6) is 0 Å². The van der Waals surface area contributed by atoms with Gasteiger partial charge in [0.15, 0.2) is 0 Å². The van der Waals surface area contributed by atoms with Crippen LogP contribution in [0.3, 0.4) is 0 Å². The van der Waals surface area contributed by atoms with Crippen LogP contribution < -0.4 is 5.32 Å². The van der Waals surface area contributed by atoms with E-state index in [9.17, 15) is 4.79 Å². The summed E-state index contributed by atoms with van der Waals surface area (Å²) in [6.45, 7) is 2.24. The van der Waals surface area contributed by atoms with E-state index in [1.165, 1.54) is 6.33 Å². The molecule has 0 aromatic carbocycles. The first-order valence-electron chi connectivity index (χ1n) is 7.96. The average molecular weight is 315 g/mol. The average Bonchev–Trinajstić information content (AvgIpc) is 3.14. The minimum Gasteiger partial charge on any atom is -0.354 e. The summed E-state index contributed by atoms with van der Waals surface area (Å²) in [4.78, 5) is 26.5. The number of nitrogens with one attached hydrogen (secondary N) is 1. The van der Waals surface area contributed by atoms with Crippen LogP contribution in [-0.4, -0.2) is 55.2 Å². The number of hydrogen-bond acceptors (Lipinski definition) is 6. The summed E-state index contributed by atoms with van der Waals surface area (Å²) >= 11 is 0. The van der Waals surface area contributed by atoms with Crippen molar-refractivity contribution in [2.75, 3.05) is 25.0 Å². The van der Waals surface area contributed by atoms with Gasteiger partial charge in [-0.15, -0.1) is 0 Å². The largest absolute Gasteiger partial charge is 0.354 e. The highest BCUT2D eigenvalue weighted by Crippen LogP contribution is 2.20. The van der Waals surface area contributed by atoms with Crippen LogP contribution in [0.2, 0.25) is 0 Å². The summed E-state index contributed by atoms with van der Waals surface area (Å²) in [5.74, 6) is 0.801. The van der Waals surface area contributed by atoms with Gasteiger partial charge in [-0.2, -0.15) is 5.10 Å². The van der Waals surface area contributed by atoms with E-state index in [-0.39, 0.29) is 11.9 Å². The molecule has 2 aromatic heterocycles. The third kappa shape index (κ3) is 4.24. The zero-order valence-corrected chi connectivity index (χ0v) is 13.0. The van der Waals surface area contributed by atoms with Crippen molar-refractivity contribution in [1.82, 2.24) is 29.6 Å². The van der Waals surface area contributed by atoms with Crippen molar-refractivity contribution in [1.29, 1.82) is 0 Å². The Hall–Kier alpha value is -2.51. The van der Waals surface area contributed by atoms with Crippen LogP contribution in [0.25, 0.3) is 0 Å². The number of amides is 1. The van der Waals surface area contributed by atoms with Gasteiger partial charge in [0.2, 0.25) is 11.9 Å². The third-order valence-electron chi connectivity index (χ3n) is 3.98. The molecule has 1 aliphatic heterocycles. The van der Waals surface area contributed by atoms with Crippen LogP contribution in [0.4, 0.5) is 5.95 Å². The zero-order valence-electron chi connectivity index (χ0n) is 13.0. The van der Waals surface area contributed by atoms with Crippen LogP contribution in [0, 0.1) is 0 Å². The molecule has 3 rings (SSSR count). The molecule has 8 heteroatoms. The molecule has 1 amide bonds. The summed E-state index contributed by atoms with van der Waals surface area (Å²) in [6, 6.07) is 2.02. The molecule has 2 aromatic rings. The van der Waals surface area contributed by atoms with Gasteiger partial charge in [0.25, 0.3) is 0 Å². The molecule has 3 heterocycles. The van der Waals surface area contributed by atoms with Crippen molar-refractivity contribution < 1.29 is 4.79 Å². The van der Waals surface area contributed by atoms with Crippen LogP contribution in [0.15, 0.2) is 31.1 Å². The monoisotopic (exact) mass is 315 g/mol. The standard InChI is InChI=1S/C15H21N7O/c23-14(5-1-6-17-15-18-7-3-8-19-15)21-9-2-4-13(10-21)22-12-16-11-20-22/h3,7-8,11-13H,1-2,4-6,9-10H2,(H,17,18,19)/t13-/m0/s1.